The van der Waals surface area contributed by atoms with Gasteiger partial charge in [-0.05, 0) is 31.0 Å². The predicted octanol–water partition coefficient (Wildman–Crippen LogP) is 1.58. The average Bonchev–Trinajstić information content (AvgIpc) is 3.20. The number of likely N-dealkylation sites (tertiary alicyclic amines) is 1. The van der Waals surface area contributed by atoms with Gasteiger partial charge in [0.1, 0.15) is 11.3 Å². The molecule has 2 N–H and O–H groups in total. The van der Waals surface area contributed by atoms with Gasteiger partial charge in [-0.1, -0.05) is 0 Å². The second-order valence-electron chi connectivity index (χ2n) is 6.47. The van der Waals surface area contributed by atoms with E-state index in [-0.39, 0.29) is 12.0 Å². The summed E-state index contributed by atoms with van der Waals surface area (Å²) in [5, 5.41) is 9.78. The van der Waals surface area contributed by atoms with Gasteiger partial charge in [0.2, 0.25) is 0 Å². The summed E-state index contributed by atoms with van der Waals surface area (Å²) in [5.74, 6) is -0.0814. The smallest absolute Gasteiger partial charge is 0.407 e. The fourth-order valence-electron chi connectivity index (χ4n) is 3.42. The van der Waals surface area contributed by atoms with E-state index in [4.69, 9.17) is 4.74 Å². The number of ether oxygens (including phenoxy) is 1. The lowest BCUT2D eigenvalue weighted by Crippen LogP contribution is -2.36. The van der Waals surface area contributed by atoms with Gasteiger partial charge in [-0.25, -0.2) is 4.79 Å². The molecule has 1 spiro atoms. The third kappa shape index (κ3) is 3.07. The molecule has 4 rings (SSSR count). The first-order valence-corrected chi connectivity index (χ1v) is 8.37. The van der Waals surface area contributed by atoms with Crippen LogP contribution in [-0.4, -0.2) is 57.3 Å². The molecule has 0 radical (unpaired) electrons. The van der Waals surface area contributed by atoms with E-state index < -0.39 is 5.60 Å². The van der Waals surface area contributed by atoms with Crippen molar-refractivity contribution in [2.75, 3.05) is 19.6 Å². The zero-order valence-electron chi connectivity index (χ0n) is 13.7. The molecule has 2 aliphatic heterocycles. The maximum absolute atomic E-state index is 12.8. The van der Waals surface area contributed by atoms with E-state index in [0.717, 1.165) is 18.4 Å². The molecule has 0 aliphatic carbocycles. The molecule has 8 nitrogen and oxygen atoms in total. The summed E-state index contributed by atoms with van der Waals surface area (Å²) in [6, 6.07) is 5.46. The first-order chi connectivity index (χ1) is 12.2. The number of carbonyl (C=O) groups is 2. The van der Waals surface area contributed by atoms with Crippen LogP contribution in [0, 0.1) is 0 Å². The third-order valence-electron chi connectivity index (χ3n) is 4.83. The van der Waals surface area contributed by atoms with Gasteiger partial charge < -0.3 is 15.0 Å². The van der Waals surface area contributed by atoms with Gasteiger partial charge >= 0.3 is 6.09 Å². The number of alkyl carbamates (subject to hydrolysis) is 1. The lowest BCUT2D eigenvalue weighted by atomic mass is 9.95. The van der Waals surface area contributed by atoms with Gasteiger partial charge in [0.15, 0.2) is 0 Å². The number of aromatic amines is 1. The van der Waals surface area contributed by atoms with Crippen LogP contribution in [0.1, 0.15) is 29.8 Å². The Morgan fingerprint density at radius 1 is 1.24 bits per heavy atom. The zero-order valence-corrected chi connectivity index (χ0v) is 13.7. The Kier molecular flexibility index (Phi) is 3.87. The molecule has 2 aromatic heterocycles. The lowest BCUT2D eigenvalue weighted by molar-refractivity contribution is 0.0438. The molecule has 130 valence electrons. The van der Waals surface area contributed by atoms with E-state index in [1.807, 2.05) is 12.1 Å². The van der Waals surface area contributed by atoms with Crippen LogP contribution in [0.5, 0.6) is 0 Å². The number of hydrogen-bond acceptors (Lipinski definition) is 5. The topological polar surface area (TPSA) is 100 Å². The number of hydrogen-bond donors (Lipinski definition) is 2. The summed E-state index contributed by atoms with van der Waals surface area (Å²) < 4.78 is 5.45. The number of aromatic nitrogens is 3. The summed E-state index contributed by atoms with van der Waals surface area (Å²) >= 11 is 0. The first-order valence-electron chi connectivity index (χ1n) is 8.37. The first kappa shape index (κ1) is 15.6. The Morgan fingerprint density at radius 2 is 2.08 bits per heavy atom. The van der Waals surface area contributed by atoms with Gasteiger partial charge in [0, 0.05) is 37.5 Å². The van der Waals surface area contributed by atoms with E-state index in [1.165, 1.54) is 0 Å². The highest BCUT2D eigenvalue weighted by atomic mass is 16.6. The van der Waals surface area contributed by atoms with Crippen molar-refractivity contribution in [2.45, 2.75) is 24.9 Å². The van der Waals surface area contributed by atoms with E-state index in [2.05, 4.69) is 20.5 Å². The summed E-state index contributed by atoms with van der Waals surface area (Å²) in [5.41, 5.74) is 1.61. The Hall–Kier alpha value is -2.90. The molecule has 1 atom stereocenters. The molecule has 2 amide bonds. The van der Waals surface area contributed by atoms with Gasteiger partial charge in [0.05, 0.1) is 12.2 Å². The number of amides is 2. The van der Waals surface area contributed by atoms with Gasteiger partial charge in [-0.3, -0.25) is 14.9 Å². The highest BCUT2D eigenvalue weighted by Gasteiger charge is 2.42. The number of nitrogens with one attached hydrogen (secondary N) is 2. The van der Waals surface area contributed by atoms with Gasteiger partial charge in [-0.15, -0.1) is 0 Å². The van der Waals surface area contributed by atoms with Crippen molar-refractivity contribution < 1.29 is 14.3 Å². The second kappa shape index (κ2) is 6.19. The van der Waals surface area contributed by atoms with E-state index in [1.54, 1.807) is 23.4 Å². The molecule has 4 heterocycles. The SMILES string of the molecule is O=C1NCC2(CCCN(C(=O)c3cc(-c4ccncc4)n[nH]3)CC2)O1. The van der Waals surface area contributed by atoms with E-state index >= 15 is 0 Å². The zero-order chi connectivity index (χ0) is 17.3. The minimum Gasteiger partial charge on any atom is -0.441 e. The third-order valence-corrected chi connectivity index (χ3v) is 4.83. The maximum Gasteiger partial charge on any atom is 0.407 e. The van der Waals surface area contributed by atoms with Gasteiger partial charge in [0.25, 0.3) is 5.91 Å². The second-order valence-corrected chi connectivity index (χ2v) is 6.47. The lowest BCUT2D eigenvalue weighted by Gasteiger charge is -2.24. The Balaban J connectivity index is 1.46. The quantitative estimate of drug-likeness (QED) is 0.864. The normalized spacial score (nSPS) is 23.2. The number of pyridine rings is 1. The number of carbonyl (C=O) groups excluding carboxylic acids is 2. The number of rotatable bonds is 2. The van der Waals surface area contributed by atoms with Crippen molar-refractivity contribution in [3.63, 3.8) is 0 Å². The van der Waals surface area contributed by atoms with Crippen LogP contribution >= 0.6 is 0 Å². The molecule has 2 aliphatic rings. The highest BCUT2D eigenvalue weighted by Crippen LogP contribution is 2.29. The Bertz CT molecular complexity index is 791. The molecule has 25 heavy (non-hydrogen) atoms. The Labute approximate surface area is 144 Å². The molecule has 0 saturated carbocycles. The fourth-order valence-corrected chi connectivity index (χ4v) is 3.42. The van der Waals surface area contributed by atoms with E-state index in [0.29, 0.717) is 37.4 Å². The van der Waals surface area contributed by atoms with Crippen molar-refractivity contribution >= 4 is 12.0 Å². The van der Waals surface area contributed by atoms with Crippen molar-refractivity contribution in [2.24, 2.45) is 0 Å². The van der Waals surface area contributed by atoms with Crippen LogP contribution in [0.25, 0.3) is 11.3 Å². The molecular weight excluding hydrogens is 322 g/mol. The van der Waals surface area contributed by atoms with Crippen molar-refractivity contribution in [1.29, 1.82) is 0 Å². The molecular formula is C17H19N5O3. The molecule has 2 fully saturated rings. The van der Waals surface area contributed by atoms with Gasteiger partial charge in [-0.2, -0.15) is 5.10 Å². The average molecular weight is 341 g/mol. The number of H-pyrrole nitrogens is 1. The number of nitrogens with zero attached hydrogens (tertiary/aromatic N) is 3. The summed E-state index contributed by atoms with van der Waals surface area (Å²) in [4.78, 5) is 29.9. The molecule has 0 aromatic carbocycles. The summed E-state index contributed by atoms with van der Waals surface area (Å²) in [7, 11) is 0. The highest BCUT2D eigenvalue weighted by molar-refractivity contribution is 5.93. The van der Waals surface area contributed by atoms with Crippen LogP contribution < -0.4 is 5.32 Å². The van der Waals surface area contributed by atoms with Crippen LogP contribution in [0.2, 0.25) is 0 Å². The van der Waals surface area contributed by atoms with Crippen molar-refractivity contribution in [1.82, 2.24) is 25.4 Å². The fraction of sp³-hybridized carbons (Fsp3) is 0.412. The largest absolute Gasteiger partial charge is 0.441 e. The molecule has 2 saturated heterocycles. The minimum atomic E-state index is -0.470. The maximum atomic E-state index is 12.8. The predicted molar refractivity (Wildman–Crippen MR) is 88.8 cm³/mol. The monoisotopic (exact) mass is 341 g/mol. The van der Waals surface area contributed by atoms with Crippen LogP contribution in [0.3, 0.4) is 0 Å². The molecule has 8 heteroatoms. The molecule has 1 unspecified atom stereocenters. The van der Waals surface area contributed by atoms with Crippen molar-refractivity contribution in [3.8, 4) is 11.3 Å². The summed E-state index contributed by atoms with van der Waals surface area (Å²) in [6.07, 6.45) is 5.22. The molecule has 0 bridgehead atoms. The standard InChI is InChI=1S/C17H19N5O3/c23-15(14-10-13(20-21-14)12-2-6-18-7-3-12)22-8-1-4-17(5-9-22)11-19-16(24)25-17/h2-3,6-7,10H,1,4-5,8-9,11H2,(H,19,24)(H,20,21). The van der Waals surface area contributed by atoms with Crippen molar-refractivity contribution in [3.05, 3.63) is 36.3 Å². The van der Waals surface area contributed by atoms with Crippen LogP contribution in [0.15, 0.2) is 30.6 Å². The summed E-state index contributed by atoms with van der Waals surface area (Å²) in [6.45, 7) is 1.71. The Morgan fingerprint density at radius 3 is 2.84 bits per heavy atom. The molecule has 2 aromatic rings. The van der Waals surface area contributed by atoms with Crippen LogP contribution in [0.4, 0.5) is 4.79 Å². The van der Waals surface area contributed by atoms with Crippen LogP contribution in [-0.2, 0) is 4.74 Å². The minimum absolute atomic E-state index is 0.0814. The van der Waals surface area contributed by atoms with E-state index in [9.17, 15) is 9.59 Å².